The molecule has 1 atom stereocenters. The Morgan fingerprint density at radius 3 is 2.79 bits per heavy atom. The minimum Gasteiger partial charge on any atom is -0.348 e. The highest BCUT2D eigenvalue weighted by atomic mass is 32.2. The smallest absolute Gasteiger partial charge is 0.223 e. The zero-order valence-corrected chi connectivity index (χ0v) is 14.2. The Hall–Kier alpha value is -2.15. The van der Waals surface area contributed by atoms with Crippen LogP contribution in [0.25, 0.3) is 0 Å². The lowest BCUT2D eigenvalue weighted by molar-refractivity contribution is -0.132. The van der Waals surface area contributed by atoms with E-state index in [1.165, 1.54) is 0 Å². The van der Waals surface area contributed by atoms with Crippen molar-refractivity contribution in [2.75, 3.05) is 18.8 Å². The summed E-state index contributed by atoms with van der Waals surface area (Å²) in [6.45, 7) is 1.28. The highest BCUT2D eigenvalue weighted by molar-refractivity contribution is 7.91. The van der Waals surface area contributed by atoms with Crippen LogP contribution in [-0.2, 0) is 14.6 Å². The minimum atomic E-state index is -3.42. The molecule has 6 nitrogen and oxygen atoms in total. The van der Waals surface area contributed by atoms with Crippen molar-refractivity contribution >= 4 is 15.7 Å². The van der Waals surface area contributed by atoms with E-state index in [4.69, 9.17) is 0 Å². The van der Waals surface area contributed by atoms with Crippen LogP contribution >= 0.6 is 0 Å². The van der Waals surface area contributed by atoms with E-state index in [1.54, 1.807) is 47.6 Å². The van der Waals surface area contributed by atoms with Crippen LogP contribution in [0.15, 0.2) is 47.6 Å². The summed E-state index contributed by atoms with van der Waals surface area (Å²) in [7, 11) is -3.42. The Kier molecular flexibility index (Phi) is 4.99. The molecule has 7 heteroatoms. The van der Waals surface area contributed by atoms with E-state index in [0.717, 1.165) is 18.7 Å². The molecule has 0 spiro atoms. The second-order valence-corrected chi connectivity index (χ2v) is 8.14. The lowest BCUT2D eigenvalue weighted by atomic mass is 9.97. The summed E-state index contributed by atoms with van der Waals surface area (Å²) in [5, 5.41) is 0. The van der Waals surface area contributed by atoms with Gasteiger partial charge in [-0.15, -0.1) is 0 Å². The molecule has 24 heavy (non-hydrogen) atoms. The molecule has 2 aromatic rings. The predicted molar refractivity (Wildman–Crippen MR) is 90.3 cm³/mol. The lowest BCUT2D eigenvalue weighted by Gasteiger charge is -2.32. The van der Waals surface area contributed by atoms with E-state index in [0.29, 0.717) is 13.1 Å². The van der Waals surface area contributed by atoms with Crippen LogP contribution in [0.3, 0.4) is 0 Å². The molecule has 1 fully saturated rings. The molecule has 0 radical (unpaired) electrons. The topological polar surface area (TPSA) is 83.1 Å². The predicted octanol–water partition coefficient (Wildman–Crippen LogP) is 1.98. The first-order valence-electron chi connectivity index (χ1n) is 8.11. The van der Waals surface area contributed by atoms with Crippen LogP contribution in [0.4, 0.5) is 0 Å². The van der Waals surface area contributed by atoms with Crippen molar-refractivity contribution in [3.63, 3.8) is 0 Å². The van der Waals surface area contributed by atoms with Gasteiger partial charge in [-0.2, -0.15) is 0 Å². The minimum absolute atomic E-state index is 0.0160. The summed E-state index contributed by atoms with van der Waals surface area (Å²) in [5.74, 6) is 0.830. The molecule has 128 valence electrons. The second-order valence-electron chi connectivity index (χ2n) is 6.04. The summed E-state index contributed by atoms with van der Waals surface area (Å²) >= 11 is 0. The molecule has 1 aromatic heterocycles. The number of nitrogens with one attached hydrogen (secondary N) is 1. The highest BCUT2D eigenvalue weighted by Crippen LogP contribution is 2.24. The number of piperidine rings is 1. The van der Waals surface area contributed by atoms with Crippen molar-refractivity contribution in [2.45, 2.75) is 30.1 Å². The van der Waals surface area contributed by atoms with Gasteiger partial charge < -0.3 is 9.88 Å². The zero-order chi connectivity index (χ0) is 17.0. The van der Waals surface area contributed by atoms with Crippen molar-refractivity contribution in [2.24, 2.45) is 0 Å². The van der Waals surface area contributed by atoms with Crippen LogP contribution < -0.4 is 0 Å². The zero-order valence-electron chi connectivity index (χ0n) is 13.4. The van der Waals surface area contributed by atoms with Crippen LogP contribution in [0.5, 0.6) is 0 Å². The number of carbonyl (C=O) groups is 1. The second kappa shape index (κ2) is 7.17. The number of H-pyrrole nitrogens is 1. The summed E-state index contributed by atoms with van der Waals surface area (Å²) in [5.41, 5.74) is 0. The molecular formula is C17H21N3O3S. The van der Waals surface area contributed by atoms with Gasteiger partial charge in [0.05, 0.1) is 10.6 Å². The average molecular weight is 347 g/mol. The lowest BCUT2D eigenvalue weighted by Crippen LogP contribution is -2.40. The van der Waals surface area contributed by atoms with Crippen LogP contribution in [0.2, 0.25) is 0 Å². The molecule has 0 aliphatic carbocycles. The van der Waals surface area contributed by atoms with Crippen LogP contribution in [-0.4, -0.2) is 48.0 Å². The van der Waals surface area contributed by atoms with Crippen molar-refractivity contribution in [1.29, 1.82) is 0 Å². The largest absolute Gasteiger partial charge is 0.348 e. The van der Waals surface area contributed by atoms with Gasteiger partial charge >= 0.3 is 0 Å². The third kappa shape index (κ3) is 3.84. The molecule has 1 N–H and O–H groups in total. The van der Waals surface area contributed by atoms with Crippen molar-refractivity contribution in [1.82, 2.24) is 14.9 Å². The fourth-order valence-corrected chi connectivity index (χ4v) is 4.30. The van der Waals surface area contributed by atoms with Gasteiger partial charge in [0.1, 0.15) is 5.82 Å². The number of hydrogen-bond donors (Lipinski definition) is 1. The number of aromatic amines is 1. The molecule has 3 rings (SSSR count). The number of rotatable bonds is 5. The summed E-state index contributed by atoms with van der Waals surface area (Å²) in [6, 6.07) is 8.27. The molecule has 1 amide bonds. The summed E-state index contributed by atoms with van der Waals surface area (Å²) in [4.78, 5) is 21.8. The number of likely N-dealkylation sites (tertiary alicyclic amines) is 1. The van der Waals surface area contributed by atoms with E-state index >= 15 is 0 Å². The molecular weight excluding hydrogens is 326 g/mol. The van der Waals surface area contributed by atoms with Gasteiger partial charge in [0.2, 0.25) is 5.91 Å². The Bertz CT molecular complexity index is 773. The van der Waals surface area contributed by atoms with Gasteiger partial charge in [-0.1, -0.05) is 18.2 Å². The van der Waals surface area contributed by atoms with E-state index in [-0.39, 0.29) is 28.9 Å². The summed E-state index contributed by atoms with van der Waals surface area (Å²) < 4.78 is 24.6. The van der Waals surface area contributed by atoms with E-state index < -0.39 is 9.84 Å². The number of hydrogen-bond acceptors (Lipinski definition) is 4. The van der Waals surface area contributed by atoms with Gasteiger partial charge in [-0.05, 0) is 25.0 Å². The van der Waals surface area contributed by atoms with E-state index in [9.17, 15) is 13.2 Å². The van der Waals surface area contributed by atoms with Gasteiger partial charge in [0, 0.05) is 37.8 Å². The maximum Gasteiger partial charge on any atom is 0.223 e. The van der Waals surface area contributed by atoms with Crippen molar-refractivity contribution < 1.29 is 13.2 Å². The maximum absolute atomic E-state index is 12.4. The number of aromatic nitrogens is 2. The first-order valence-corrected chi connectivity index (χ1v) is 9.76. The molecule has 1 aliphatic heterocycles. The molecule has 2 heterocycles. The van der Waals surface area contributed by atoms with E-state index in [1.807, 2.05) is 0 Å². The number of imidazole rings is 1. The fraction of sp³-hybridized carbons (Fsp3) is 0.412. The monoisotopic (exact) mass is 347 g/mol. The highest BCUT2D eigenvalue weighted by Gasteiger charge is 2.27. The number of sulfone groups is 1. The quantitative estimate of drug-likeness (QED) is 0.896. The molecule has 1 saturated heterocycles. The Labute approximate surface area is 141 Å². The first-order chi connectivity index (χ1) is 11.6. The van der Waals surface area contributed by atoms with E-state index in [2.05, 4.69) is 9.97 Å². The Balaban J connectivity index is 1.59. The Morgan fingerprint density at radius 1 is 1.29 bits per heavy atom. The maximum atomic E-state index is 12.4. The van der Waals surface area contributed by atoms with Gasteiger partial charge in [-0.25, -0.2) is 13.4 Å². The molecule has 0 unspecified atom stereocenters. The number of benzene rings is 1. The standard InChI is InChI=1S/C17H21N3O3S/c21-16(8-12-24(22,23)15-6-2-1-3-7-15)20-11-4-5-14(13-20)17-18-9-10-19-17/h1-3,6-7,9-10,14H,4-5,8,11-13H2,(H,18,19)/t14-/m1/s1. The average Bonchev–Trinajstić information content (AvgIpc) is 3.15. The summed E-state index contributed by atoms with van der Waals surface area (Å²) in [6.07, 6.45) is 5.40. The van der Waals surface area contributed by atoms with Crippen LogP contribution in [0.1, 0.15) is 31.0 Å². The Morgan fingerprint density at radius 2 is 2.08 bits per heavy atom. The van der Waals surface area contributed by atoms with Gasteiger partial charge in [0.25, 0.3) is 0 Å². The third-order valence-electron chi connectivity index (χ3n) is 4.37. The number of carbonyl (C=O) groups excluding carboxylic acids is 1. The third-order valence-corrected chi connectivity index (χ3v) is 6.10. The molecule has 0 saturated carbocycles. The first kappa shape index (κ1) is 16.7. The fourth-order valence-electron chi connectivity index (χ4n) is 3.05. The molecule has 1 aromatic carbocycles. The SMILES string of the molecule is O=C(CCS(=O)(=O)c1ccccc1)N1CCC[C@@H](c2ncc[nH]2)C1. The van der Waals surface area contributed by atoms with Crippen LogP contribution in [0, 0.1) is 0 Å². The molecule has 0 bridgehead atoms. The van der Waals surface area contributed by atoms with Gasteiger partial charge in [0.15, 0.2) is 9.84 Å². The number of nitrogens with zero attached hydrogens (tertiary/aromatic N) is 2. The number of amides is 1. The van der Waals surface area contributed by atoms with Crippen molar-refractivity contribution in [3.05, 3.63) is 48.5 Å². The van der Waals surface area contributed by atoms with Gasteiger partial charge in [-0.3, -0.25) is 4.79 Å². The van der Waals surface area contributed by atoms with Crippen molar-refractivity contribution in [3.8, 4) is 0 Å². The normalized spacial score (nSPS) is 18.5. The molecule has 1 aliphatic rings.